The minimum Gasteiger partial charge on any atom is -0.324 e. The molecule has 0 fully saturated rings. The second-order valence-electron chi connectivity index (χ2n) is 4.95. The summed E-state index contributed by atoms with van der Waals surface area (Å²) >= 11 is 6.31. The van der Waals surface area contributed by atoms with Gasteiger partial charge in [0.15, 0.2) is 0 Å². The fourth-order valence-electron chi connectivity index (χ4n) is 2.39. The summed E-state index contributed by atoms with van der Waals surface area (Å²) in [6.07, 6.45) is 1.78. The van der Waals surface area contributed by atoms with Crippen LogP contribution in [0.15, 0.2) is 24.3 Å². The number of para-hydroxylation sites is 1. The third-order valence-corrected chi connectivity index (χ3v) is 3.84. The predicted octanol–water partition coefficient (Wildman–Crippen LogP) is 2.87. The first-order valence-electron chi connectivity index (χ1n) is 6.82. The van der Waals surface area contributed by atoms with Crippen LogP contribution in [0.2, 0.25) is 5.15 Å². The number of halogens is 1. The third-order valence-electron chi connectivity index (χ3n) is 3.52. The predicted molar refractivity (Wildman–Crippen MR) is 81.8 cm³/mol. The van der Waals surface area contributed by atoms with Crippen molar-refractivity contribution in [1.29, 1.82) is 0 Å². The first-order valence-corrected chi connectivity index (χ1v) is 7.20. The number of benzene rings is 1. The fourth-order valence-corrected chi connectivity index (χ4v) is 2.67. The van der Waals surface area contributed by atoms with E-state index in [4.69, 9.17) is 11.6 Å². The standard InChI is InChI=1S/C15H17ClN4/c1-10-4-2-3-5-12(10)18-15-19-13-7-9-17-8-6-11(13)14(16)20-15/h2-5,17H,6-9H2,1H3,(H,18,19,20). The van der Waals surface area contributed by atoms with Crippen molar-refractivity contribution in [2.45, 2.75) is 19.8 Å². The van der Waals surface area contributed by atoms with E-state index < -0.39 is 0 Å². The SMILES string of the molecule is Cc1ccccc1Nc1nc(Cl)c2c(n1)CCNCC2. The van der Waals surface area contributed by atoms with Gasteiger partial charge in [0.25, 0.3) is 0 Å². The molecule has 0 saturated carbocycles. The van der Waals surface area contributed by atoms with Crippen molar-refractivity contribution < 1.29 is 0 Å². The van der Waals surface area contributed by atoms with Crippen molar-refractivity contribution >= 4 is 23.2 Å². The van der Waals surface area contributed by atoms with E-state index in [0.29, 0.717) is 11.1 Å². The topological polar surface area (TPSA) is 49.8 Å². The molecule has 1 aromatic carbocycles. The molecule has 104 valence electrons. The van der Waals surface area contributed by atoms with E-state index in [1.807, 2.05) is 18.2 Å². The Morgan fingerprint density at radius 3 is 2.80 bits per heavy atom. The number of nitrogens with zero attached hydrogens (tertiary/aromatic N) is 2. The van der Waals surface area contributed by atoms with Crippen LogP contribution in [0.1, 0.15) is 16.8 Å². The molecule has 0 saturated heterocycles. The average Bonchev–Trinajstić information content (AvgIpc) is 2.67. The van der Waals surface area contributed by atoms with E-state index in [9.17, 15) is 0 Å². The number of aromatic nitrogens is 2. The van der Waals surface area contributed by atoms with Crippen LogP contribution in [-0.2, 0) is 12.8 Å². The molecule has 0 spiro atoms. The van der Waals surface area contributed by atoms with E-state index in [-0.39, 0.29) is 0 Å². The van der Waals surface area contributed by atoms with Crippen molar-refractivity contribution in [3.8, 4) is 0 Å². The lowest BCUT2D eigenvalue weighted by Gasteiger charge is -2.12. The molecule has 0 atom stereocenters. The van der Waals surface area contributed by atoms with Crippen molar-refractivity contribution in [2.75, 3.05) is 18.4 Å². The van der Waals surface area contributed by atoms with E-state index in [2.05, 4.69) is 33.6 Å². The second-order valence-corrected chi connectivity index (χ2v) is 5.31. The number of fused-ring (bicyclic) bond motifs is 1. The molecule has 0 unspecified atom stereocenters. The summed E-state index contributed by atoms with van der Waals surface area (Å²) in [5, 5.41) is 7.17. The van der Waals surface area contributed by atoms with Crippen LogP contribution in [0.3, 0.4) is 0 Å². The number of hydrogen-bond acceptors (Lipinski definition) is 4. The molecule has 5 heteroatoms. The molecule has 0 bridgehead atoms. The van der Waals surface area contributed by atoms with Gasteiger partial charge in [-0.05, 0) is 31.5 Å². The molecule has 1 aliphatic rings. The largest absolute Gasteiger partial charge is 0.324 e. The molecular weight excluding hydrogens is 272 g/mol. The summed E-state index contributed by atoms with van der Waals surface area (Å²) in [4.78, 5) is 9.00. The molecule has 2 aromatic rings. The van der Waals surface area contributed by atoms with Crippen molar-refractivity contribution in [3.63, 3.8) is 0 Å². The monoisotopic (exact) mass is 288 g/mol. The van der Waals surface area contributed by atoms with Crippen LogP contribution in [0.5, 0.6) is 0 Å². The molecule has 0 radical (unpaired) electrons. The number of rotatable bonds is 2. The lowest BCUT2D eigenvalue weighted by atomic mass is 10.1. The molecule has 1 aliphatic heterocycles. The number of hydrogen-bond donors (Lipinski definition) is 2. The Bertz CT molecular complexity index is 627. The summed E-state index contributed by atoms with van der Waals surface area (Å²) in [6.45, 7) is 3.92. The van der Waals surface area contributed by atoms with Gasteiger partial charge in [-0.15, -0.1) is 0 Å². The molecular formula is C15H17ClN4. The van der Waals surface area contributed by atoms with E-state index >= 15 is 0 Å². The molecule has 0 amide bonds. The van der Waals surface area contributed by atoms with Crippen LogP contribution in [0.4, 0.5) is 11.6 Å². The van der Waals surface area contributed by atoms with Gasteiger partial charge in [-0.25, -0.2) is 9.97 Å². The number of aryl methyl sites for hydroxylation is 1. The summed E-state index contributed by atoms with van der Waals surface area (Å²) in [5.41, 5.74) is 4.29. The van der Waals surface area contributed by atoms with Gasteiger partial charge in [-0.1, -0.05) is 29.8 Å². The van der Waals surface area contributed by atoms with Gasteiger partial charge in [-0.3, -0.25) is 0 Å². The van der Waals surface area contributed by atoms with E-state index in [1.54, 1.807) is 0 Å². The lowest BCUT2D eigenvalue weighted by Crippen LogP contribution is -2.16. The first kappa shape index (κ1) is 13.3. The smallest absolute Gasteiger partial charge is 0.228 e. The Kier molecular flexibility index (Phi) is 3.85. The number of nitrogens with one attached hydrogen (secondary N) is 2. The molecule has 0 aliphatic carbocycles. The fraction of sp³-hybridized carbons (Fsp3) is 0.333. The highest BCUT2D eigenvalue weighted by Crippen LogP contribution is 2.24. The van der Waals surface area contributed by atoms with Crippen molar-refractivity contribution in [2.24, 2.45) is 0 Å². The van der Waals surface area contributed by atoms with Crippen LogP contribution >= 0.6 is 11.6 Å². The lowest BCUT2D eigenvalue weighted by molar-refractivity contribution is 0.708. The molecule has 4 nitrogen and oxygen atoms in total. The van der Waals surface area contributed by atoms with Gasteiger partial charge in [-0.2, -0.15) is 0 Å². The molecule has 2 heterocycles. The maximum Gasteiger partial charge on any atom is 0.228 e. The second kappa shape index (κ2) is 5.77. The number of anilines is 2. The highest BCUT2D eigenvalue weighted by atomic mass is 35.5. The van der Waals surface area contributed by atoms with E-state index in [1.165, 1.54) is 0 Å². The quantitative estimate of drug-likeness (QED) is 0.835. The maximum absolute atomic E-state index is 6.31. The van der Waals surface area contributed by atoms with Gasteiger partial charge in [0, 0.05) is 24.2 Å². The van der Waals surface area contributed by atoms with Gasteiger partial charge in [0.1, 0.15) is 5.15 Å². The summed E-state index contributed by atoms with van der Waals surface area (Å²) in [5.74, 6) is 0.574. The summed E-state index contributed by atoms with van der Waals surface area (Å²) < 4.78 is 0. The highest BCUT2D eigenvalue weighted by Gasteiger charge is 2.15. The molecule has 1 aromatic heterocycles. The average molecular weight is 289 g/mol. The van der Waals surface area contributed by atoms with Crippen LogP contribution in [-0.4, -0.2) is 23.1 Å². The Balaban J connectivity index is 1.93. The molecule has 3 rings (SSSR count). The van der Waals surface area contributed by atoms with Gasteiger partial charge < -0.3 is 10.6 Å². The van der Waals surface area contributed by atoms with Crippen LogP contribution < -0.4 is 10.6 Å². The molecule has 20 heavy (non-hydrogen) atoms. The minimum absolute atomic E-state index is 0.565. The summed E-state index contributed by atoms with van der Waals surface area (Å²) in [7, 11) is 0. The first-order chi connectivity index (χ1) is 9.74. The zero-order chi connectivity index (χ0) is 13.9. The van der Waals surface area contributed by atoms with Crippen LogP contribution in [0, 0.1) is 6.92 Å². The minimum atomic E-state index is 0.565. The van der Waals surface area contributed by atoms with E-state index in [0.717, 1.165) is 48.4 Å². The third kappa shape index (κ3) is 2.76. The maximum atomic E-state index is 6.31. The van der Waals surface area contributed by atoms with Gasteiger partial charge in [0.2, 0.25) is 5.95 Å². The Morgan fingerprint density at radius 1 is 1.15 bits per heavy atom. The molecule has 2 N–H and O–H groups in total. The zero-order valence-electron chi connectivity index (χ0n) is 11.4. The summed E-state index contributed by atoms with van der Waals surface area (Å²) in [6, 6.07) is 8.07. The Labute approximate surface area is 123 Å². The zero-order valence-corrected chi connectivity index (χ0v) is 12.2. The highest BCUT2D eigenvalue weighted by molar-refractivity contribution is 6.30. The van der Waals surface area contributed by atoms with Gasteiger partial charge in [0.05, 0.1) is 5.69 Å². The van der Waals surface area contributed by atoms with Gasteiger partial charge >= 0.3 is 0 Å². The Hall–Kier alpha value is -1.65. The van der Waals surface area contributed by atoms with Crippen LogP contribution in [0.25, 0.3) is 0 Å². The Morgan fingerprint density at radius 2 is 1.95 bits per heavy atom. The normalized spacial score (nSPS) is 14.5. The van der Waals surface area contributed by atoms with Crippen molar-refractivity contribution in [1.82, 2.24) is 15.3 Å². The van der Waals surface area contributed by atoms with Crippen molar-refractivity contribution in [3.05, 3.63) is 46.2 Å².